The smallest absolute Gasteiger partial charge is 0.350 e. The molecule has 1 aromatic carbocycles. The summed E-state index contributed by atoms with van der Waals surface area (Å²) in [5.41, 5.74) is 0.207. The number of methoxy groups -OCH3 is 1. The SMILES string of the molecule is COc1ccc2c(Cl)c(C(=O)OCC(=O)NC(C)C34CC5CC(CC(C5)C3)C4)sc2c1Cl. The van der Waals surface area contributed by atoms with Gasteiger partial charge in [0.1, 0.15) is 15.6 Å². The van der Waals surface area contributed by atoms with Gasteiger partial charge in [0.05, 0.1) is 16.8 Å². The van der Waals surface area contributed by atoms with Gasteiger partial charge < -0.3 is 14.8 Å². The van der Waals surface area contributed by atoms with Crippen molar-refractivity contribution in [3.05, 3.63) is 27.1 Å². The third-order valence-corrected chi connectivity index (χ3v) is 10.0. The first-order chi connectivity index (χ1) is 15.3. The predicted octanol–water partition coefficient (Wildman–Crippen LogP) is 6.09. The van der Waals surface area contributed by atoms with Gasteiger partial charge in [0, 0.05) is 11.4 Å². The van der Waals surface area contributed by atoms with Crippen molar-refractivity contribution in [2.45, 2.75) is 51.5 Å². The lowest BCUT2D eigenvalue weighted by Crippen LogP contribution is -2.56. The highest BCUT2D eigenvalue weighted by atomic mass is 35.5. The highest BCUT2D eigenvalue weighted by molar-refractivity contribution is 7.22. The fourth-order valence-corrected chi connectivity index (χ4v) is 8.49. The summed E-state index contributed by atoms with van der Waals surface area (Å²) < 4.78 is 11.2. The van der Waals surface area contributed by atoms with Crippen LogP contribution < -0.4 is 10.1 Å². The molecule has 8 heteroatoms. The van der Waals surface area contributed by atoms with Gasteiger partial charge in [-0.25, -0.2) is 4.79 Å². The predicted molar refractivity (Wildman–Crippen MR) is 127 cm³/mol. The maximum absolute atomic E-state index is 12.7. The molecule has 1 aromatic heterocycles. The molecule has 6 rings (SSSR count). The number of fused-ring (bicyclic) bond motifs is 1. The Kier molecular flexibility index (Phi) is 5.83. The molecule has 1 heterocycles. The van der Waals surface area contributed by atoms with Gasteiger partial charge in [0.25, 0.3) is 5.91 Å². The number of ether oxygens (including phenoxy) is 2. The molecule has 1 unspecified atom stereocenters. The van der Waals surface area contributed by atoms with Crippen molar-refractivity contribution in [2.75, 3.05) is 13.7 Å². The molecule has 5 nitrogen and oxygen atoms in total. The Bertz CT molecular complexity index is 1050. The Morgan fingerprint density at radius 3 is 2.34 bits per heavy atom. The summed E-state index contributed by atoms with van der Waals surface area (Å²) in [5, 5.41) is 4.47. The van der Waals surface area contributed by atoms with Crippen LogP contribution in [0.5, 0.6) is 5.75 Å². The molecule has 172 valence electrons. The van der Waals surface area contributed by atoms with Gasteiger partial charge in [-0.3, -0.25) is 4.79 Å². The van der Waals surface area contributed by atoms with Crippen molar-refractivity contribution in [2.24, 2.45) is 23.2 Å². The molecule has 4 aliphatic carbocycles. The minimum atomic E-state index is -0.621. The Balaban J connectivity index is 1.22. The Labute approximate surface area is 201 Å². The number of carbonyl (C=O) groups excluding carboxylic acids is 2. The maximum Gasteiger partial charge on any atom is 0.350 e. The zero-order valence-electron chi connectivity index (χ0n) is 18.2. The zero-order valence-corrected chi connectivity index (χ0v) is 20.5. The summed E-state index contributed by atoms with van der Waals surface area (Å²) in [5.74, 6) is 2.08. The summed E-state index contributed by atoms with van der Waals surface area (Å²) in [6.07, 6.45) is 7.72. The number of nitrogens with one attached hydrogen (secondary N) is 1. The van der Waals surface area contributed by atoms with Crippen LogP contribution in [0, 0.1) is 23.2 Å². The number of esters is 1. The molecule has 1 amide bonds. The van der Waals surface area contributed by atoms with Crippen molar-refractivity contribution in [3.63, 3.8) is 0 Å². The van der Waals surface area contributed by atoms with Crippen molar-refractivity contribution in [3.8, 4) is 5.75 Å². The highest BCUT2D eigenvalue weighted by Gasteiger charge is 2.53. The van der Waals surface area contributed by atoms with Crippen molar-refractivity contribution < 1.29 is 19.1 Å². The monoisotopic (exact) mass is 495 g/mol. The molecular weight excluding hydrogens is 469 g/mol. The Hall–Kier alpha value is -1.50. The number of hydrogen-bond acceptors (Lipinski definition) is 5. The molecular formula is C24H27Cl2NO4S. The highest BCUT2D eigenvalue weighted by Crippen LogP contribution is 2.61. The number of hydrogen-bond donors (Lipinski definition) is 1. The van der Waals surface area contributed by atoms with Gasteiger partial charge in [-0.15, -0.1) is 11.3 Å². The molecule has 4 bridgehead atoms. The molecule has 0 saturated heterocycles. The van der Waals surface area contributed by atoms with E-state index in [0.29, 0.717) is 20.9 Å². The largest absolute Gasteiger partial charge is 0.495 e. The van der Waals surface area contributed by atoms with Crippen molar-refractivity contribution in [1.82, 2.24) is 5.32 Å². The van der Waals surface area contributed by atoms with Crippen LogP contribution in [0.2, 0.25) is 10.0 Å². The Morgan fingerprint density at radius 1 is 1.12 bits per heavy atom. The van der Waals surface area contributed by atoms with Gasteiger partial charge in [-0.2, -0.15) is 0 Å². The summed E-state index contributed by atoms with van der Waals surface area (Å²) >= 11 is 13.9. The minimum absolute atomic E-state index is 0.0845. The van der Waals surface area contributed by atoms with E-state index in [-0.39, 0.29) is 33.9 Å². The minimum Gasteiger partial charge on any atom is -0.495 e. The molecule has 2 aromatic rings. The molecule has 4 fully saturated rings. The first-order valence-electron chi connectivity index (χ1n) is 11.2. The van der Waals surface area contributed by atoms with Crippen molar-refractivity contribution >= 4 is 56.5 Å². The van der Waals surface area contributed by atoms with Gasteiger partial charge in [0.15, 0.2) is 6.61 Å². The molecule has 0 spiro atoms. The third kappa shape index (κ3) is 3.78. The number of amides is 1. The third-order valence-electron chi connectivity index (χ3n) is 7.82. The number of carbonyl (C=O) groups is 2. The number of thiophene rings is 1. The van der Waals surface area contributed by atoms with Crippen molar-refractivity contribution in [1.29, 1.82) is 0 Å². The van der Waals surface area contributed by atoms with E-state index < -0.39 is 5.97 Å². The van der Waals surface area contributed by atoms with E-state index in [1.165, 1.54) is 45.6 Å². The first-order valence-corrected chi connectivity index (χ1v) is 12.8. The normalized spacial score (nSPS) is 29.2. The summed E-state index contributed by atoms with van der Waals surface area (Å²) in [4.78, 5) is 25.5. The molecule has 4 aliphatic rings. The summed E-state index contributed by atoms with van der Waals surface area (Å²) in [6, 6.07) is 3.55. The Morgan fingerprint density at radius 2 is 1.75 bits per heavy atom. The van der Waals surface area contributed by atoms with Crippen LogP contribution in [0.1, 0.15) is 55.1 Å². The van der Waals surface area contributed by atoms with Gasteiger partial charge in [-0.1, -0.05) is 23.2 Å². The molecule has 1 atom stereocenters. The van der Waals surface area contributed by atoms with E-state index in [4.69, 9.17) is 32.7 Å². The van der Waals surface area contributed by atoms with E-state index >= 15 is 0 Å². The number of halogens is 2. The lowest BCUT2D eigenvalue weighted by atomic mass is 9.48. The van der Waals surface area contributed by atoms with Crippen LogP contribution in [0.25, 0.3) is 10.1 Å². The van der Waals surface area contributed by atoms with Gasteiger partial charge in [0.2, 0.25) is 0 Å². The summed E-state index contributed by atoms with van der Waals surface area (Å²) in [7, 11) is 1.53. The van der Waals surface area contributed by atoms with Crippen LogP contribution in [-0.4, -0.2) is 31.6 Å². The van der Waals surface area contributed by atoms with Gasteiger partial charge >= 0.3 is 5.97 Å². The average molecular weight is 496 g/mol. The zero-order chi connectivity index (χ0) is 22.6. The molecule has 1 N–H and O–H groups in total. The van der Waals surface area contributed by atoms with Crippen LogP contribution in [0.3, 0.4) is 0 Å². The second-order valence-electron chi connectivity index (χ2n) is 9.85. The van der Waals surface area contributed by atoms with E-state index in [2.05, 4.69) is 12.2 Å². The van der Waals surface area contributed by atoms with Crippen LogP contribution in [0.15, 0.2) is 12.1 Å². The number of rotatable bonds is 6. The fraction of sp³-hybridized carbons (Fsp3) is 0.583. The van der Waals surface area contributed by atoms with E-state index in [1.807, 2.05) is 0 Å². The summed E-state index contributed by atoms with van der Waals surface area (Å²) in [6.45, 7) is 1.79. The topological polar surface area (TPSA) is 64.6 Å². The molecule has 32 heavy (non-hydrogen) atoms. The molecule has 0 aliphatic heterocycles. The fourth-order valence-electron chi connectivity index (χ4n) is 6.71. The average Bonchev–Trinajstić information content (AvgIpc) is 3.09. The van der Waals surface area contributed by atoms with E-state index in [0.717, 1.165) is 29.1 Å². The lowest BCUT2D eigenvalue weighted by Gasteiger charge is -2.59. The van der Waals surface area contributed by atoms with Crippen LogP contribution in [0.4, 0.5) is 0 Å². The first kappa shape index (κ1) is 22.3. The maximum atomic E-state index is 12.7. The number of benzene rings is 1. The second kappa shape index (κ2) is 8.37. The van der Waals surface area contributed by atoms with Gasteiger partial charge in [-0.05, 0) is 80.8 Å². The van der Waals surface area contributed by atoms with Crippen LogP contribution in [-0.2, 0) is 9.53 Å². The van der Waals surface area contributed by atoms with Crippen LogP contribution >= 0.6 is 34.5 Å². The van der Waals surface area contributed by atoms with E-state index in [9.17, 15) is 9.59 Å². The van der Waals surface area contributed by atoms with E-state index in [1.54, 1.807) is 12.1 Å². The lowest BCUT2D eigenvalue weighted by molar-refractivity contribution is -0.128. The molecule has 0 radical (unpaired) electrons. The standard InChI is InChI=1S/C24H27Cl2NO4S/c1-12(24-8-13-5-14(9-24)7-15(6-13)10-24)27-18(28)11-31-23(29)22-19(25)16-3-4-17(30-2)20(26)21(16)32-22/h3-4,12-15H,5-11H2,1-2H3,(H,27,28). The second-order valence-corrected chi connectivity index (χ2v) is 11.6. The quantitative estimate of drug-likeness (QED) is 0.492. The molecule has 4 saturated carbocycles.